The average Bonchev–Trinajstić information content (AvgIpc) is 3.24. The third-order valence-electron chi connectivity index (χ3n) is 5.20. The van der Waals surface area contributed by atoms with E-state index in [4.69, 9.17) is 4.74 Å². The Hall–Kier alpha value is -2.85. The van der Waals surface area contributed by atoms with Crippen LogP contribution in [-0.2, 0) is 6.54 Å². The van der Waals surface area contributed by atoms with Gasteiger partial charge in [-0.25, -0.2) is 0 Å². The van der Waals surface area contributed by atoms with Gasteiger partial charge in [-0.2, -0.15) is 0 Å². The van der Waals surface area contributed by atoms with E-state index in [1.807, 2.05) is 42.5 Å². The third kappa shape index (κ3) is 4.70. The summed E-state index contributed by atoms with van der Waals surface area (Å²) in [6.45, 7) is 4.25. The molecule has 1 amide bonds. The highest BCUT2D eigenvalue weighted by atomic mass is 16.5. The number of hydrogen-bond acceptors (Lipinski definition) is 3. The van der Waals surface area contributed by atoms with Gasteiger partial charge in [0.15, 0.2) is 0 Å². The largest absolute Gasteiger partial charge is 0.492 e. The van der Waals surface area contributed by atoms with Crippen LogP contribution in [-0.4, -0.2) is 37.0 Å². The second-order valence-electron chi connectivity index (χ2n) is 7.29. The minimum atomic E-state index is -0.0603. The highest BCUT2D eigenvalue weighted by Crippen LogP contribution is 2.20. The molecule has 1 aliphatic rings. The normalized spacial score (nSPS) is 14.3. The van der Waals surface area contributed by atoms with Crippen molar-refractivity contribution in [3.63, 3.8) is 0 Å². The average molecular weight is 374 g/mol. The van der Waals surface area contributed by atoms with E-state index in [0.29, 0.717) is 18.7 Å². The number of hydrogen-bond donors (Lipinski definition) is 1. The Labute approximate surface area is 166 Å². The Balaban J connectivity index is 1.23. The highest BCUT2D eigenvalue weighted by molar-refractivity contribution is 5.94. The topological polar surface area (TPSA) is 41.6 Å². The standard InChI is InChI=1S/C24H26N2O2/c27-24(21-9-7-19(8-10-21)18-26-14-3-4-15-26)25-13-16-28-23-12-11-20-5-1-2-6-22(20)17-23/h1-2,5-12,17H,3-4,13-16,18H2,(H,25,27). The Kier molecular flexibility index (Phi) is 5.88. The van der Waals surface area contributed by atoms with E-state index in [2.05, 4.69) is 34.5 Å². The lowest BCUT2D eigenvalue weighted by Crippen LogP contribution is -2.28. The molecular weight excluding hydrogens is 348 g/mol. The monoisotopic (exact) mass is 374 g/mol. The van der Waals surface area contributed by atoms with E-state index in [-0.39, 0.29) is 5.91 Å². The van der Waals surface area contributed by atoms with Gasteiger partial charge < -0.3 is 10.1 Å². The number of nitrogens with one attached hydrogen (secondary N) is 1. The molecule has 4 heteroatoms. The minimum Gasteiger partial charge on any atom is -0.492 e. The predicted molar refractivity (Wildman–Crippen MR) is 113 cm³/mol. The number of fused-ring (bicyclic) bond motifs is 1. The number of amides is 1. The van der Waals surface area contributed by atoms with Crippen LogP contribution in [0.4, 0.5) is 0 Å². The van der Waals surface area contributed by atoms with Crippen LogP contribution >= 0.6 is 0 Å². The number of nitrogens with zero attached hydrogens (tertiary/aromatic N) is 1. The van der Waals surface area contributed by atoms with Crippen molar-refractivity contribution in [1.29, 1.82) is 0 Å². The maximum atomic E-state index is 12.3. The molecule has 3 aromatic rings. The highest BCUT2D eigenvalue weighted by Gasteiger charge is 2.12. The van der Waals surface area contributed by atoms with Crippen molar-refractivity contribution in [1.82, 2.24) is 10.2 Å². The van der Waals surface area contributed by atoms with E-state index >= 15 is 0 Å². The predicted octanol–water partition coefficient (Wildman–Crippen LogP) is 4.24. The first-order chi connectivity index (χ1) is 13.8. The Morgan fingerprint density at radius 3 is 2.46 bits per heavy atom. The van der Waals surface area contributed by atoms with Crippen molar-refractivity contribution < 1.29 is 9.53 Å². The van der Waals surface area contributed by atoms with Gasteiger partial charge in [0.05, 0.1) is 6.54 Å². The summed E-state index contributed by atoms with van der Waals surface area (Å²) in [4.78, 5) is 14.8. The summed E-state index contributed by atoms with van der Waals surface area (Å²) in [5.41, 5.74) is 1.95. The van der Waals surface area contributed by atoms with Crippen molar-refractivity contribution in [2.24, 2.45) is 0 Å². The molecule has 1 N–H and O–H groups in total. The molecule has 28 heavy (non-hydrogen) atoms. The fourth-order valence-electron chi connectivity index (χ4n) is 3.65. The summed E-state index contributed by atoms with van der Waals surface area (Å²) < 4.78 is 5.77. The first kappa shape index (κ1) is 18.5. The lowest BCUT2D eigenvalue weighted by Gasteiger charge is -2.14. The molecule has 0 saturated carbocycles. The van der Waals surface area contributed by atoms with Crippen LogP contribution in [0.2, 0.25) is 0 Å². The molecule has 0 bridgehead atoms. The molecule has 4 nitrogen and oxygen atoms in total. The van der Waals surface area contributed by atoms with Gasteiger partial charge in [-0.3, -0.25) is 9.69 Å². The van der Waals surface area contributed by atoms with Crippen LogP contribution in [0.25, 0.3) is 10.8 Å². The van der Waals surface area contributed by atoms with Crippen LogP contribution < -0.4 is 10.1 Å². The molecule has 1 aliphatic heterocycles. The molecule has 1 saturated heterocycles. The van der Waals surface area contributed by atoms with Gasteiger partial charge in [0.25, 0.3) is 5.91 Å². The molecule has 3 aromatic carbocycles. The van der Waals surface area contributed by atoms with Crippen molar-refractivity contribution in [2.75, 3.05) is 26.2 Å². The van der Waals surface area contributed by atoms with Crippen LogP contribution in [0.3, 0.4) is 0 Å². The van der Waals surface area contributed by atoms with Gasteiger partial charge in [0.2, 0.25) is 0 Å². The van der Waals surface area contributed by atoms with Crippen molar-refractivity contribution in [3.8, 4) is 5.75 Å². The molecule has 0 aliphatic carbocycles. The maximum absolute atomic E-state index is 12.3. The first-order valence-electron chi connectivity index (χ1n) is 9.99. The molecule has 0 aromatic heterocycles. The van der Waals surface area contributed by atoms with Crippen molar-refractivity contribution in [2.45, 2.75) is 19.4 Å². The Morgan fingerprint density at radius 2 is 1.68 bits per heavy atom. The summed E-state index contributed by atoms with van der Waals surface area (Å²) >= 11 is 0. The summed E-state index contributed by atoms with van der Waals surface area (Å²) in [7, 11) is 0. The number of likely N-dealkylation sites (tertiary alicyclic amines) is 1. The Bertz CT molecular complexity index is 931. The second kappa shape index (κ2) is 8.89. The quantitative estimate of drug-likeness (QED) is 0.629. The third-order valence-corrected chi connectivity index (χ3v) is 5.20. The fourth-order valence-corrected chi connectivity index (χ4v) is 3.65. The molecule has 144 valence electrons. The molecule has 1 heterocycles. The van der Waals surface area contributed by atoms with Gasteiger partial charge >= 0.3 is 0 Å². The van der Waals surface area contributed by atoms with Gasteiger partial charge in [0.1, 0.15) is 12.4 Å². The summed E-state index contributed by atoms with van der Waals surface area (Å²) in [5, 5.41) is 5.27. The maximum Gasteiger partial charge on any atom is 0.251 e. The van der Waals surface area contributed by atoms with Crippen LogP contribution in [0.15, 0.2) is 66.7 Å². The zero-order chi connectivity index (χ0) is 19.2. The first-order valence-corrected chi connectivity index (χ1v) is 9.99. The number of carbonyl (C=O) groups excluding carboxylic acids is 1. The van der Waals surface area contributed by atoms with Crippen LogP contribution in [0, 0.1) is 0 Å². The molecular formula is C24H26N2O2. The van der Waals surface area contributed by atoms with Gasteiger partial charge in [-0.15, -0.1) is 0 Å². The molecule has 4 rings (SSSR count). The molecule has 1 fully saturated rings. The summed E-state index contributed by atoms with van der Waals surface area (Å²) in [5.74, 6) is 0.758. The molecule has 0 spiro atoms. The van der Waals surface area contributed by atoms with Crippen LogP contribution in [0.5, 0.6) is 5.75 Å². The smallest absolute Gasteiger partial charge is 0.251 e. The fraction of sp³-hybridized carbons (Fsp3) is 0.292. The number of rotatable bonds is 7. The molecule has 0 radical (unpaired) electrons. The second-order valence-corrected chi connectivity index (χ2v) is 7.29. The number of carbonyl (C=O) groups is 1. The number of benzene rings is 3. The Morgan fingerprint density at radius 1 is 0.929 bits per heavy atom. The van der Waals surface area contributed by atoms with E-state index in [1.54, 1.807) is 0 Å². The number of ether oxygens (including phenoxy) is 1. The van der Waals surface area contributed by atoms with Gasteiger partial charge in [-0.1, -0.05) is 42.5 Å². The van der Waals surface area contributed by atoms with E-state index in [0.717, 1.165) is 17.7 Å². The van der Waals surface area contributed by atoms with Crippen LogP contribution in [0.1, 0.15) is 28.8 Å². The lowest BCUT2D eigenvalue weighted by molar-refractivity contribution is 0.0947. The summed E-state index contributed by atoms with van der Waals surface area (Å²) in [6, 6.07) is 22.1. The van der Waals surface area contributed by atoms with E-state index in [1.165, 1.54) is 36.9 Å². The SMILES string of the molecule is O=C(NCCOc1ccc2ccccc2c1)c1ccc(CN2CCCC2)cc1. The zero-order valence-electron chi connectivity index (χ0n) is 16.1. The van der Waals surface area contributed by atoms with Crippen molar-refractivity contribution >= 4 is 16.7 Å². The molecule has 0 atom stereocenters. The molecule has 0 unspecified atom stereocenters. The van der Waals surface area contributed by atoms with Gasteiger partial charge in [0, 0.05) is 12.1 Å². The summed E-state index contributed by atoms with van der Waals surface area (Å²) in [6.07, 6.45) is 2.59. The van der Waals surface area contributed by atoms with Crippen molar-refractivity contribution in [3.05, 3.63) is 77.9 Å². The van der Waals surface area contributed by atoms with Gasteiger partial charge in [-0.05, 0) is 66.5 Å². The minimum absolute atomic E-state index is 0.0603. The zero-order valence-corrected chi connectivity index (χ0v) is 16.1. The van der Waals surface area contributed by atoms with E-state index in [9.17, 15) is 4.79 Å². The van der Waals surface area contributed by atoms with E-state index < -0.39 is 0 Å². The lowest BCUT2D eigenvalue weighted by atomic mass is 10.1.